The first-order valence-electron chi connectivity index (χ1n) is 11.3. The summed E-state index contributed by atoms with van der Waals surface area (Å²) in [5.74, 6) is 0.892. The Morgan fingerprint density at radius 3 is 2.61 bits per heavy atom. The number of aryl methyl sites for hydroxylation is 1. The van der Waals surface area contributed by atoms with E-state index in [-0.39, 0.29) is 23.4 Å². The second-order valence-electron chi connectivity index (χ2n) is 9.55. The first-order chi connectivity index (χ1) is 15.6. The van der Waals surface area contributed by atoms with Crippen LogP contribution in [0.15, 0.2) is 47.4 Å². The highest BCUT2D eigenvalue weighted by Crippen LogP contribution is 2.41. The molecule has 0 aromatic heterocycles. The maximum Gasteiger partial charge on any atom is 0.243 e. The van der Waals surface area contributed by atoms with Gasteiger partial charge in [-0.15, -0.1) is 0 Å². The number of ether oxygens (including phenoxy) is 2. The summed E-state index contributed by atoms with van der Waals surface area (Å²) in [6, 6.07) is 12.2. The molecular weight excluding hydrogens is 440 g/mol. The van der Waals surface area contributed by atoms with Crippen LogP contribution in [0, 0.1) is 12.8 Å². The molecule has 0 aliphatic carbocycles. The van der Waals surface area contributed by atoms with Crippen molar-refractivity contribution < 1.29 is 22.7 Å². The van der Waals surface area contributed by atoms with Crippen LogP contribution in [0.2, 0.25) is 0 Å². The number of rotatable bonds is 5. The average molecular weight is 473 g/mol. The Morgan fingerprint density at radius 2 is 1.91 bits per heavy atom. The molecule has 7 nitrogen and oxygen atoms in total. The van der Waals surface area contributed by atoms with Gasteiger partial charge >= 0.3 is 0 Å². The number of methoxy groups -OCH3 is 1. The maximum atomic E-state index is 13.3. The molecule has 1 fully saturated rings. The zero-order valence-corrected chi connectivity index (χ0v) is 20.4. The summed E-state index contributed by atoms with van der Waals surface area (Å²) in [5, 5.41) is 3.17. The van der Waals surface area contributed by atoms with E-state index in [2.05, 4.69) is 5.32 Å². The predicted octanol–water partition coefficient (Wildman–Crippen LogP) is 3.82. The largest absolute Gasteiger partial charge is 0.497 e. The number of sulfonamides is 1. The molecule has 2 aliphatic heterocycles. The highest BCUT2D eigenvalue weighted by molar-refractivity contribution is 7.89. The van der Waals surface area contributed by atoms with E-state index in [0.29, 0.717) is 31.6 Å². The van der Waals surface area contributed by atoms with Gasteiger partial charge in [0.05, 0.1) is 24.0 Å². The summed E-state index contributed by atoms with van der Waals surface area (Å²) in [5.41, 5.74) is 1.44. The molecule has 2 aromatic carbocycles. The molecule has 2 aromatic rings. The van der Waals surface area contributed by atoms with Crippen LogP contribution < -0.4 is 14.8 Å². The van der Waals surface area contributed by atoms with Gasteiger partial charge in [0, 0.05) is 25.1 Å². The van der Waals surface area contributed by atoms with Crippen LogP contribution in [-0.4, -0.2) is 44.4 Å². The fraction of sp³-hybridized carbons (Fsp3) is 0.480. The molecule has 1 amide bonds. The summed E-state index contributed by atoms with van der Waals surface area (Å²) in [4.78, 5) is 13.6. The van der Waals surface area contributed by atoms with E-state index in [9.17, 15) is 13.2 Å². The van der Waals surface area contributed by atoms with Gasteiger partial charge in [-0.05, 0) is 63.9 Å². The zero-order valence-electron chi connectivity index (χ0n) is 19.6. The van der Waals surface area contributed by atoms with Crippen molar-refractivity contribution in [2.24, 2.45) is 5.92 Å². The minimum Gasteiger partial charge on any atom is -0.497 e. The lowest BCUT2D eigenvalue weighted by molar-refractivity contribution is -0.127. The number of carbonyl (C=O) groups excluding carboxylic acids is 1. The van der Waals surface area contributed by atoms with Gasteiger partial charge in [0.15, 0.2) is 0 Å². The van der Waals surface area contributed by atoms with Crippen molar-refractivity contribution in [3.63, 3.8) is 0 Å². The van der Waals surface area contributed by atoms with Gasteiger partial charge in [-0.25, -0.2) is 8.42 Å². The second kappa shape index (κ2) is 8.99. The highest BCUT2D eigenvalue weighted by Gasteiger charge is 2.38. The Bertz CT molecular complexity index is 1130. The average Bonchev–Trinajstić information content (AvgIpc) is 2.78. The van der Waals surface area contributed by atoms with E-state index in [0.717, 1.165) is 16.9 Å². The molecule has 0 unspecified atom stereocenters. The maximum absolute atomic E-state index is 13.3. The van der Waals surface area contributed by atoms with Gasteiger partial charge in [0.1, 0.15) is 17.1 Å². The third-order valence-electron chi connectivity index (χ3n) is 6.40. The molecular formula is C25H32N2O5S. The fourth-order valence-electron chi connectivity index (χ4n) is 4.61. The van der Waals surface area contributed by atoms with E-state index < -0.39 is 21.5 Å². The van der Waals surface area contributed by atoms with Gasteiger partial charge in [-0.2, -0.15) is 4.31 Å². The Labute approximate surface area is 196 Å². The third kappa shape index (κ3) is 5.01. The summed E-state index contributed by atoms with van der Waals surface area (Å²) < 4.78 is 39.2. The third-order valence-corrected chi connectivity index (χ3v) is 8.28. The van der Waals surface area contributed by atoms with Gasteiger partial charge in [0.2, 0.25) is 15.9 Å². The molecule has 4 rings (SSSR count). The van der Waals surface area contributed by atoms with Crippen LogP contribution in [0.1, 0.15) is 50.3 Å². The Morgan fingerprint density at radius 1 is 1.18 bits per heavy atom. The normalized spacial score (nSPS) is 22.7. The molecule has 0 spiro atoms. The van der Waals surface area contributed by atoms with Gasteiger partial charge in [0.25, 0.3) is 0 Å². The van der Waals surface area contributed by atoms with Crippen LogP contribution in [0.4, 0.5) is 0 Å². The SMILES string of the molecule is COc1ccc2c(c1)[C@@H](NC(=O)[C@H]1CCCN(S(=O)(=O)c3ccc(C)cc3)C1)CC(C)(C)O2. The van der Waals surface area contributed by atoms with Crippen LogP contribution in [0.3, 0.4) is 0 Å². The zero-order chi connectivity index (χ0) is 23.8. The molecule has 0 saturated carbocycles. The van der Waals surface area contributed by atoms with E-state index in [1.54, 1.807) is 31.4 Å². The smallest absolute Gasteiger partial charge is 0.243 e. The van der Waals surface area contributed by atoms with Crippen LogP contribution in [0.5, 0.6) is 11.5 Å². The van der Waals surface area contributed by atoms with Crippen molar-refractivity contribution in [3.05, 3.63) is 53.6 Å². The molecule has 0 radical (unpaired) electrons. The van der Waals surface area contributed by atoms with Gasteiger partial charge < -0.3 is 14.8 Å². The van der Waals surface area contributed by atoms with Crippen molar-refractivity contribution in [2.75, 3.05) is 20.2 Å². The number of hydrogen-bond donors (Lipinski definition) is 1. The first-order valence-corrected chi connectivity index (χ1v) is 12.8. The molecule has 2 heterocycles. The number of carbonyl (C=O) groups is 1. The number of amides is 1. The molecule has 1 saturated heterocycles. The van der Waals surface area contributed by atoms with E-state index >= 15 is 0 Å². The number of hydrogen-bond acceptors (Lipinski definition) is 5. The molecule has 2 atom stereocenters. The number of fused-ring (bicyclic) bond motifs is 1. The van der Waals surface area contributed by atoms with Gasteiger partial charge in [-0.3, -0.25) is 4.79 Å². The topological polar surface area (TPSA) is 84.9 Å². The summed E-state index contributed by atoms with van der Waals surface area (Å²) in [6.07, 6.45) is 1.91. The predicted molar refractivity (Wildman–Crippen MR) is 126 cm³/mol. The standard InChI is InChI=1S/C25H32N2O5S/c1-17-7-10-20(11-8-17)33(29,30)27-13-5-6-18(16-27)24(28)26-22-15-25(2,3)32-23-12-9-19(31-4)14-21(22)23/h7-12,14,18,22H,5-6,13,15-16H2,1-4H3,(H,26,28)/t18-,22-/m0/s1. The van der Waals surface area contributed by atoms with Crippen molar-refractivity contribution in [2.45, 2.75) is 56.6 Å². The Balaban J connectivity index is 1.51. The van der Waals surface area contributed by atoms with Crippen molar-refractivity contribution in [1.29, 1.82) is 0 Å². The second-order valence-corrected chi connectivity index (χ2v) is 11.5. The van der Waals surface area contributed by atoms with Crippen molar-refractivity contribution in [1.82, 2.24) is 9.62 Å². The number of nitrogens with zero attached hydrogens (tertiary/aromatic N) is 1. The molecule has 33 heavy (non-hydrogen) atoms. The molecule has 8 heteroatoms. The van der Waals surface area contributed by atoms with Crippen molar-refractivity contribution in [3.8, 4) is 11.5 Å². The quantitative estimate of drug-likeness (QED) is 0.715. The van der Waals surface area contributed by atoms with Crippen molar-refractivity contribution >= 4 is 15.9 Å². The summed E-state index contributed by atoms with van der Waals surface area (Å²) >= 11 is 0. The van der Waals surface area contributed by atoms with E-state index in [1.165, 1.54) is 4.31 Å². The lowest BCUT2D eigenvalue weighted by atomic mass is 9.88. The minimum atomic E-state index is -3.64. The van der Waals surface area contributed by atoms with Crippen LogP contribution in [0.25, 0.3) is 0 Å². The molecule has 2 aliphatic rings. The fourth-order valence-corrected chi connectivity index (χ4v) is 6.14. The molecule has 1 N–H and O–H groups in total. The number of piperidine rings is 1. The number of nitrogens with one attached hydrogen (secondary N) is 1. The minimum absolute atomic E-state index is 0.129. The monoisotopic (exact) mass is 472 g/mol. The lowest BCUT2D eigenvalue weighted by Gasteiger charge is -2.39. The summed E-state index contributed by atoms with van der Waals surface area (Å²) in [6.45, 7) is 6.51. The summed E-state index contributed by atoms with van der Waals surface area (Å²) in [7, 11) is -2.03. The highest BCUT2D eigenvalue weighted by atomic mass is 32.2. The van der Waals surface area contributed by atoms with E-state index in [1.807, 2.05) is 39.0 Å². The first kappa shape index (κ1) is 23.6. The number of benzene rings is 2. The van der Waals surface area contributed by atoms with Gasteiger partial charge in [-0.1, -0.05) is 17.7 Å². The molecule has 178 valence electrons. The van der Waals surface area contributed by atoms with Crippen LogP contribution in [-0.2, 0) is 14.8 Å². The molecule has 0 bridgehead atoms. The Kier molecular flexibility index (Phi) is 6.42. The lowest BCUT2D eigenvalue weighted by Crippen LogP contribution is -2.48. The van der Waals surface area contributed by atoms with Crippen LogP contribution >= 0.6 is 0 Å². The van der Waals surface area contributed by atoms with E-state index in [4.69, 9.17) is 9.47 Å². The Hall–Kier alpha value is -2.58.